The van der Waals surface area contributed by atoms with E-state index in [0.29, 0.717) is 12.5 Å². The quantitative estimate of drug-likeness (QED) is 0.855. The Morgan fingerprint density at radius 1 is 1.32 bits per heavy atom. The molecular formula is C16H26N2O. The average Bonchev–Trinajstić information content (AvgIpc) is 2.27. The summed E-state index contributed by atoms with van der Waals surface area (Å²) in [7, 11) is 0. The van der Waals surface area contributed by atoms with E-state index in [1.54, 1.807) is 0 Å². The van der Waals surface area contributed by atoms with Crippen LogP contribution in [-0.4, -0.2) is 19.0 Å². The number of hydrogen-bond acceptors (Lipinski definition) is 2. The van der Waals surface area contributed by atoms with Crippen LogP contribution >= 0.6 is 0 Å². The van der Waals surface area contributed by atoms with Gasteiger partial charge in [0.25, 0.3) is 0 Å². The third kappa shape index (κ3) is 5.88. The first-order valence-corrected chi connectivity index (χ1v) is 6.86. The Kier molecular flexibility index (Phi) is 5.55. The van der Waals surface area contributed by atoms with Crippen LogP contribution in [0.5, 0.6) is 0 Å². The fourth-order valence-corrected chi connectivity index (χ4v) is 1.64. The summed E-state index contributed by atoms with van der Waals surface area (Å²) < 4.78 is 0. The van der Waals surface area contributed by atoms with Gasteiger partial charge in [-0.25, -0.2) is 0 Å². The molecule has 1 aromatic carbocycles. The van der Waals surface area contributed by atoms with Crippen LogP contribution in [0.25, 0.3) is 0 Å². The lowest BCUT2D eigenvalue weighted by atomic mass is 9.82. The van der Waals surface area contributed by atoms with Crippen LogP contribution in [0.4, 0.5) is 5.69 Å². The third-order valence-electron chi connectivity index (χ3n) is 3.52. The third-order valence-corrected chi connectivity index (χ3v) is 3.52. The van der Waals surface area contributed by atoms with Crippen LogP contribution in [0.2, 0.25) is 0 Å². The zero-order chi connectivity index (χ0) is 14.5. The highest BCUT2D eigenvalue weighted by molar-refractivity contribution is 5.92. The number of carbonyl (C=O) groups is 1. The Balaban J connectivity index is 2.33. The first kappa shape index (κ1) is 15.7. The maximum Gasteiger partial charge on any atom is 0.238 e. The summed E-state index contributed by atoms with van der Waals surface area (Å²) in [4.78, 5) is 11.8. The lowest BCUT2D eigenvalue weighted by Gasteiger charge is -2.27. The molecule has 19 heavy (non-hydrogen) atoms. The molecule has 0 saturated heterocycles. The van der Waals surface area contributed by atoms with Gasteiger partial charge in [0.2, 0.25) is 5.91 Å². The van der Waals surface area contributed by atoms with Crippen molar-refractivity contribution in [2.75, 3.05) is 18.4 Å². The number of aryl methyl sites for hydroxylation is 1. The molecule has 0 fully saturated rings. The monoisotopic (exact) mass is 262 g/mol. The van der Waals surface area contributed by atoms with E-state index < -0.39 is 0 Å². The zero-order valence-corrected chi connectivity index (χ0v) is 12.7. The molecule has 1 aromatic rings. The number of anilines is 1. The summed E-state index contributed by atoms with van der Waals surface area (Å²) in [5.41, 5.74) is 2.27. The van der Waals surface area contributed by atoms with Gasteiger partial charge in [-0.2, -0.15) is 0 Å². The van der Waals surface area contributed by atoms with Crippen molar-refractivity contribution in [3.05, 3.63) is 29.8 Å². The number of carbonyl (C=O) groups excluding carboxylic acids is 1. The molecule has 0 bridgehead atoms. The maximum absolute atomic E-state index is 11.8. The number of hydrogen-bond donors (Lipinski definition) is 2. The van der Waals surface area contributed by atoms with Gasteiger partial charge in [-0.3, -0.25) is 4.79 Å². The van der Waals surface area contributed by atoms with Crippen molar-refractivity contribution in [1.29, 1.82) is 0 Å². The van der Waals surface area contributed by atoms with Gasteiger partial charge in [0.05, 0.1) is 6.54 Å². The van der Waals surface area contributed by atoms with E-state index in [9.17, 15) is 4.79 Å². The molecule has 0 aliphatic heterocycles. The fraction of sp³-hybridized carbons (Fsp3) is 0.562. The second kappa shape index (κ2) is 6.71. The second-order valence-corrected chi connectivity index (χ2v) is 6.32. The SMILES string of the molecule is Cc1cccc(NC(=O)CNCC(C)C(C)(C)C)c1. The van der Waals surface area contributed by atoms with Gasteiger partial charge in [-0.05, 0) is 42.5 Å². The Labute approximate surface area is 116 Å². The molecule has 1 atom stereocenters. The molecule has 0 spiro atoms. The van der Waals surface area contributed by atoms with Crippen molar-refractivity contribution in [2.45, 2.75) is 34.6 Å². The largest absolute Gasteiger partial charge is 0.325 e. The van der Waals surface area contributed by atoms with E-state index in [-0.39, 0.29) is 11.3 Å². The van der Waals surface area contributed by atoms with Crippen molar-refractivity contribution < 1.29 is 4.79 Å². The Morgan fingerprint density at radius 2 is 2.00 bits per heavy atom. The molecule has 0 saturated carbocycles. The van der Waals surface area contributed by atoms with E-state index in [4.69, 9.17) is 0 Å². The number of nitrogens with one attached hydrogen (secondary N) is 2. The van der Waals surface area contributed by atoms with E-state index in [1.807, 2.05) is 31.2 Å². The molecule has 0 aromatic heterocycles. The van der Waals surface area contributed by atoms with Crippen LogP contribution in [0, 0.1) is 18.3 Å². The van der Waals surface area contributed by atoms with Crippen molar-refractivity contribution in [3.8, 4) is 0 Å². The summed E-state index contributed by atoms with van der Waals surface area (Å²) in [6, 6.07) is 7.83. The predicted molar refractivity (Wildman–Crippen MR) is 81.3 cm³/mol. The average molecular weight is 262 g/mol. The standard InChI is InChI=1S/C16H26N2O/c1-12-7-6-8-14(9-12)18-15(19)11-17-10-13(2)16(3,4)5/h6-9,13,17H,10-11H2,1-5H3,(H,18,19). The van der Waals surface area contributed by atoms with Gasteiger partial charge in [-0.15, -0.1) is 0 Å². The fourth-order valence-electron chi connectivity index (χ4n) is 1.64. The lowest BCUT2D eigenvalue weighted by Crippen LogP contribution is -2.34. The number of rotatable bonds is 5. The molecule has 0 aliphatic carbocycles. The normalized spacial score (nSPS) is 13.1. The molecule has 0 radical (unpaired) electrons. The minimum absolute atomic E-state index is 0.00621. The summed E-state index contributed by atoms with van der Waals surface area (Å²) in [5.74, 6) is 0.533. The molecule has 106 valence electrons. The van der Waals surface area contributed by atoms with E-state index in [0.717, 1.165) is 17.8 Å². The summed E-state index contributed by atoms with van der Waals surface area (Å²) >= 11 is 0. The molecule has 0 aliphatic rings. The second-order valence-electron chi connectivity index (χ2n) is 6.32. The first-order valence-electron chi connectivity index (χ1n) is 6.86. The predicted octanol–water partition coefficient (Wildman–Crippen LogP) is 3.21. The van der Waals surface area contributed by atoms with Crippen molar-refractivity contribution in [3.63, 3.8) is 0 Å². The topological polar surface area (TPSA) is 41.1 Å². The van der Waals surface area contributed by atoms with Gasteiger partial charge in [0.1, 0.15) is 0 Å². The Bertz CT molecular complexity index is 421. The first-order chi connectivity index (χ1) is 8.79. The van der Waals surface area contributed by atoms with Crippen LogP contribution in [0.15, 0.2) is 24.3 Å². The van der Waals surface area contributed by atoms with Crippen LogP contribution in [0.1, 0.15) is 33.3 Å². The highest BCUT2D eigenvalue weighted by Gasteiger charge is 2.19. The van der Waals surface area contributed by atoms with Crippen LogP contribution in [-0.2, 0) is 4.79 Å². The Morgan fingerprint density at radius 3 is 2.58 bits per heavy atom. The minimum Gasteiger partial charge on any atom is -0.325 e. The van der Waals surface area contributed by atoms with Gasteiger partial charge in [-0.1, -0.05) is 39.8 Å². The summed E-state index contributed by atoms with van der Waals surface area (Å²) in [6.07, 6.45) is 0. The summed E-state index contributed by atoms with van der Waals surface area (Å²) in [6.45, 7) is 12.1. The summed E-state index contributed by atoms with van der Waals surface area (Å²) in [5, 5.41) is 6.11. The van der Waals surface area contributed by atoms with Crippen molar-refractivity contribution in [2.24, 2.45) is 11.3 Å². The molecule has 0 heterocycles. The van der Waals surface area contributed by atoms with Crippen molar-refractivity contribution in [1.82, 2.24) is 5.32 Å². The molecule has 1 rings (SSSR count). The zero-order valence-electron chi connectivity index (χ0n) is 12.7. The Hall–Kier alpha value is -1.35. The minimum atomic E-state index is 0.00621. The van der Waals surface area contributed by atoms with Crippen molar-refractivity contribution >= 4 is 11.6 Å². The smallest absolute Gasteiger partial charge is 0.238 e. The van der Waals surface area contributed by atoms with Crippen LogP contribution in [0.3, 0.4) is 0 Å². The van der Waals surface area contributed by atoms with Crippen LogP contribution < -0.4 is 10.6 Å². The molecule has 3 heteroatoms. The van der Waals surface area contributed by atoms with E-state index >= 15 is 0 Å². The molecular weight excluding hydrogens is 236 g/mol. The lowest BCUT2D eigenvalue weighted by molar-refractivity contribution is -0.115. The molecule has 1 amide bonds. The van der Waals surface area contributed by atoms with Gasteiger partial charge in [0.15, 0.2) is 0 Å². The van der Waals surface area contributed by atoms with E-state index in [2.05, 4.69) is 38.3 Å². The highest BCUT2D eigenvalue weighted by Crippen LogP contribution is 2.24. The molecule has 1 unspecified atom stereocenters. The highest BCUT2D eigenvalue weighted by atomic mass is 16.1. The number of amides is 1. The maximum atomic E-state index is 11.8. The number of benzene rings is 1. The molecule has 3 nitrogen and oxygen atoms in total. The molecule has 2 N–H and O–H groups in total. The van der Waals surface area contributed by atoms with Gasteiger partial charge in [0, 0.05) is 5.69 Å². The van der Waals surface area contributed by atoms with Gasteiger partial charge >= 0.3 is 0 Å². The van der Waals surface area contributed by atoms with Gasteiger partial charge < -0.3 is 10.6 Å². The van der Waals surface area contributed by atoms with E-state index in [1.165, 1.54) is 0 Å².